The first-order valence-corrected chi connectivity index (χ1v) is 8.95. The van der Waals surface area contributed by atoms with Crippen molar-refractivity contribution in [2.75, 3.05) is 34.9 Å². The molecule has 0 aromatic heterocycles. The Balaban J connectivity index is 0.00000392. The molecule has 7 heteroatoms. The molecule has 0 atom stereocenters. The van der Waals surface area contributed by atoms with Crippen molar-refractivity contribution in [3.8, 4) is 17.2 Å². The molecule has 0 heterocycles. The van der Waals surface area contributed by atoms with E-state index in [1.54, 1.807) is 21.3 Å². The lowest BCUT2D eigenvalue weighted by molar-refractivity contribution is 0.351. The van der Waals surface area contributed by atoms with Crippen molar-refractivity contribution in [2.24, 2.45) is 4.99 Å². The Bertz CT molecular complexity index is 768. The van der Waals surface area contributed by atoms with Gasteiger partial charge < -0.3 is 24.4 Å². The average molecular weight is 499 g/mol. The minimum absolute atomic E-state index is 0. The Morgan fingerprint density at radius 3 is 2.21 bits per heavy atom. The fraction of sp³-hybridized carbons (Fsp3) is 0.381. The van der Waals surface area contributed by atoms with Gasteiger partial charge in [-0.05, 0) is 19.1 Å². The number of aliphatic imine (C=N–C) groups is 1. The van der Waals surface area contributed by atoms with E-state index in [1.165, 1.54) is 0 Å². The highest BCUT2D eigenvalue weighted by atomic mass is 127. The van der Waals surface area contributed by atoms with Crippen LogP contribution in [0.15, 0.2) is 47.5 Å². The van der Waals surface area contributed by atoms with Crippen molar-refractivity contribution in [3.05, 3.63) is 53.6 Å². The Morgan fingerprint density at radius 2 is 1.57 bits per heavy atom. The predicted molar refractivity (Wildman–Crippen MR) is 124 cm³/mol. The lowest BCUT2D eigenvalue weighted by Gasteiger charge is -2.23. The molecule has 0 aliphatic rings. The molecular weight excluding hydrogens is 469 g/mol. The van der Waals surface area contributed by atoms with Gasteiger partial charge in [0.25, 0.3) is 0 Å². The minimum Gasteiger partial charge on any atom is -0.496 e. The first kappa shape index (κ1) is 23.9. The SMILES string of the molecule is CCNC(=NCc1cccc(OC)c1OC)N(C)Cc1ccccc1OC.I. The van der Waals surface area contributed by atoms with Crippen LogP contribution in [0.3, 0.4) is 0 Å². The quantitative estimate of drug-likeness (QED) is 0.339. The molecule has 0 aliphatic carbocycles. The van der Waals surface area contributed by atoms with E-state index in [0.29, 0.717) is 24.6 Å². The van der Waals surface area contributed by atoms with Crippen LogP contribution >= 0.6 is 24.0 Å². The second kappa shape index (κ2) is 12.3. The smallest absolute Gasteiger partial charge is 0.194 e. The Morgan fingerprint density at radius 1 is 0.929 bits per heavy atom. The molecule has 0 radical (unpaired) electrons. The zero-order valence-corrected chi connectivity index (χ0v) is 19.5. The van der Waals surface area contributed by atoms with Gasteiger partial charge in [-0.2, -0.15) is 0 Å². The third kappa shape index (κ3) is 6.19. The fourth-order valence-electron chi connectivity index (χ4n) is 2.87. The number of benzene rings is 2. The summed E-state index contributed by atoms with van der Waals surface area (Å²) >= 11 is 0. The van der Waals surface area contributed by atoms with Crippen LogP contribution in [-0.4, -0.2) is 45.8 Å². The summed E-state index contributed by atoms with van der Waals surface area (Å²) in [4.78, 5) is 6.85. The highest BCUT2D eigenvalue weighted by molar-refractivity contribution is 14.0. The molecular formula is C21H30IN3O3. The maximum atomic E-state index is 5.50. The normalized spacial score (nSPS) is 10.7. The van der Waals surface area contributed by atoms with Crippen molar-refractivity contribution in [2.45, 2.75) is 20.0 Å². The number of halogens is 1. The molecule has 28 heavy (non-hydrogen) atoms. The summed E-state index contributed by atoms with van der Waals surface area (Å²) in [5.41, 5.74) is 2.07. The number of ether oxygens (including phenoxy) is 3. The van der Waals surface area contributed by atoms with Gasteiger partial charge in [0.2, 0.25) is 0 Å². The van der Waals surface area contributed by atoms with Gasteiger partial charge in [-0.15, -0.1) is 24.0 Å². The molecule has 0 unspecified atom stereocenters. The highest BCUT2D eigenvalue weighted by Crippen LogP contribution is 2.31. The van der Waals surface area contributed by atoms with E-state index in [1.807, 2.05) is 43.4 Å². The number of para-hydroxylation sites is 2. The van der Waals surface area contributed by atoms with Crippen LogP contribution in [0, 0.1) is 0 Å². The van der Waals surface area contributed by atoms with Crippen molar-refractivity contribution < 1.29 is 14.2 Å². The number of hydrogen-bond acceptors (Lipinski definition) is 4. The fourth-order valence-corrected chi connectivity index (χ4v) is 2.87. The zero-order chi connectivity index (χ0) is 19.6. The van der Waals surface area contributed by atoms with Gasteiger partial charge in [0, 0.05) is 31.3 Å². The summed E-state index contributed by atoms with van der Waals surface area (Å²) < 4.78 is 16.3. The molecule has 0 saturated carbocycles. The molecule has 0 aliphatic heterocycles. The number of guanidine groups is 1. The molecule has 0 saturated heterocycles. The molecule has 0 fully saturated rings. The van der Waals surface area contributed by atoms with Crippen LogP contribution in [0.25, 0.3) is 0 Å². The molecule has 2 rings (SSSR count). The molecule has 0 bridgehead atoms. The number of hydrogen-bond donors (Lipinski definition) is 1. The molecule has 0 amide bonds. The van der Waals surface area contributed by atoms with Crippen molar-refractivity contribution in [3.63, 3.8) is 0 Å². The minimum atomic E-state index is 0. The monoisotopic (exact) mass is 499 g/mol. The molecule has 6 nitrogen and oxygen atoms in total. The van der Waals surface area contributed by atoms with Crippen LogP contribution in [-0.2, 0) is 13.1 Å². The van der Waals surface area contributed by atoms with Crippen molar-refractivity contribution >= 4 is 29.9 Å². The van der Waals surface area contributed by atoms with E-state index in [4.69, 9.17) is 19.2 Å². The van der Waals surface area contributed by atoms with Gasteiger partial charge in [-0.3, -0.25) is 0 Å². The largest absolute Gasteiger partial charge is 0.496 e. The Hall–Kier alpha value is -2.16. The summed E-state index contributed by atoms with van der Waals surface area (Å²) in [5.74, 6) is 3.10. The maximum Gasteiger partial charge on any atom is 0.194 e. The van der Waals surface area contributed by atoms with E-state index in [9.17, 15) is 0 Å². The first-order chi connectivity index (χ1) is 13.1. The van der Waals surface area contributed by atoms with E-state index >= 15 is 0 Å². The summed E-state index contributed by atoms with van der Waals surface area (Å²) in [7, 11) is 6.98. The molecule has 2 aromatic rings. The van der Waals surface area contributed by atoms with Crippen LogP contribution in [0.4, 0.5) is 0 Å². The molecule has 0 spiro atoms. The standard InChI is InChI=1S/C21H29N3O3.HI/c1-6-22-21(24(2)15-17-10-7-8-12-18(17)25-3)23-14-16-11-9-13-19(26-4)20(16)27-5;/h7-13H,6,14-15H2,1-5H3,(H,22,23);1H. The van der Waals surface area contributed by atoms with Crippen LogP contribution in [0.2, 0.25) is 0 Å². The first-order valence-electron chi connectivity index (χ1n) is 8.95. The van der Waals surface area contributed by atoms with E-state index < -0.39 is 0 Å². The van der Waals surface area contributed by atoms with Gasteiger partial charge in [0.15, 0.2) is 17.5 Å². The average Bonchev–Trinajstić information content (AvgIpc) is 2.70. The summed E-state index contributed by atoms with van der Waals surface area (Å²) in [6.07, 6.45) is 0. The summed E-state index contributed by atoms with van der Waals surface area (Å²) in [6, 6.07) is 13.8. The second-order valence-electron chi connectivity index (χ2n) is 5.99. The third-order valence-electron chi connectivity index (χ3n) is 4.18. The van der Waals surface area contributed by atoms with Crippen LogP contribution in [0.1, 0.15) is 18.1 Å². The second-order valence-corrected chi connectivity index (χ2v) is 5.99. The van der Waals surface area contributed by atoms with Crippen molar-refractivity contribution in [1.82, 2.24) is 10.2 Å². The number of rotatable bonds is 8. The number of nitrogens with zero attached hydrogens (tertiary/aromatic N) is 2. The van der Waals surface area contributed by atoms with Gasteiger partial charge in [0.1, 0.15) is 5.75 Å². The van der Waals surface area contributed by atoms with Crippen LogP contribution in [0.5, 0.6) is 17.2 Å². The van der Waals surface area contributed by atoms with Gasteiger partial charge in [-0.1, -0.05) is 30.3 Å². The lowest BCUT2D eigenvalue weighted by Crippen LogP contribution is -2.38. The molecule has 2 aromatic carbocycles. The molecule has 154 valence electrons. The maximum absolute atomic E-state index is 5.50. The van der Waals surface area contributed by atoms with E-state index in [-0.39, 0.29) is 24.0 Å². The van der Waals surface area contributed by atoms with E-state index in [2.05, 4.69) is 23.2 Å². The number of methoxy groups -OCH3 is 3. The molecule has 1 N–H and O–H groups in total. The van der Waals surface area contributed by atoms with Gasteiger partial charge in [-0.25, -0.2) is 4.99 Å². The summed E-state index contributed by atoms with van der Waals surface area (Å²) in [6.45, 7) is 4.01. The third-order valence-corrected chi connectivity index (χ3v) is 4.18. The number of nitrogens with one attached hydrogen (secondary N) is 1. The highest BCUT2D eigenvalue weighted by Gasteiger charge is 2.12. The van der Waals surface area contributed by atoms with Crippen molar-refractivity contribution in [1.29, 1.82) is 0 Å². The van der Waals surface area contributed by atoms with Gasteiger partial charge >= 0.3 is 0 Å². The Kier molecular flexibility index (Phi) is 10.5. The topological polar surface area (TPSA) is 55.3 Å². The van der Waals surface area contributed by atoms with Gasteiger partial charge in [0.05, 0.1) is 27.9 Å². The van der Waals surface area contributed by atoms with Crippen LogP contribution < -0.4 is 19.5 Å². The zero-order valence-electron chi connectivity index (χ0n) is 17.2. The lowest BCUT2D eigenvalue weighted by atomic mass is 10.2. The Labute approximate surface area is 184 Å². The summed E-state index contributed by atoms with van der Waals surface area (Å²) in [5, 5.41) is 3.34. The predicted octanol–water partition coefficient (Wildman–Crippen LogP) is 3.93. The van der Waals surface area contributed by atoms with E-state index in [0.717, 1.165) is 29.4 Å².